The monoisotopic (exact) mass is 414 g/mol. The van der Waals surface area contributed by atoms with Gasteiger partial charge in [0.05, 0.1) is 35.6 Å². The highest BCUT2D eigenvalue weighted by Crippen LogP contribution is 2.22. The molecule has 2 aromatic heterocycles. The normalized spacial score (nSPS) is 11.2. The van der Waals surface area contributed by atoms with Crippen molar-refractivity contribution in [3.8, 4) is 5.75 Å². The summed E-state index contributed by atoms with van der Waals surface area (Å²) in [6, 6.07) is 5.81. The second-order valence-electron chi connectivity index (χ2n) is 5.93. The predicted molar refractivity (Wildman–Crippen MR) is 103 cm³/mol. The van der Waals surface area contributed by atoms with E-state index in [0.29, 0.717) is 12.1 Å². The molecule has 0 aliphatic rings. The Hall–Kier alpha value is -2.67. The second kappa shape index (κ2) is 7.70. The Morgan fingerprint density at radius 3 is 2.77 bits per heavy atom. The number of aryl methyl sites for hydroxylation is 2. The summed E-state index contributed by atoms with van der Waals surface area (Å²) in [5.74, 6) is 0.715. The maximum atomic E-state index is 12.4. The molecule has 0 saturated carbocycles. The molecule has 0 atom stereocenters. The van der Waals surface area contributed by atoms with Crippen LogP contribution in [0, 0.1) is 6.92 Å². The summed E-state index contributed by atoms with van der Waals surface area (Å²) < 4.78 is 9.82. The molecule has 0 aliphatic heterocycles. The molecule has 0 saturated heterocycles. The predicted octanol–water partition coefficient (Wildman–Crippen LogP) is 3.64. The van der Waals surface area contributed by atoms with E-state index < -0.39 is 0 Å². The number of aromatic nitrogens is 4. The topological polar surface area (TPSA) is 61.9 Å². The Morgan fingerprint density at radius 1 is 1.35 bits per heavy atom. The minimum absolute atomic E-state index is 0.0658. The number of carbonyl (C=O) groups excluding carboxylic acids is 1. The highest BCUT2D eigenvalue weighted by atomic mass is 79.9. The van der Waals surface area contributed by atoms with Crippen molar-refractivity contribution < 1.29 is 9.53 Å². The number of rotatable bonds is 6. The molecule has 1 aromatic carbocycles. The first-order valence-electron chi connectivity index (χ1n) is 8.04. The molecule has 0 unspecified atom stereocenters. The first-order chi connectivity index (χ1) is 12.5. The van der Waals surface area contributed by atoms with Crippen molar-refractivity contribution >= 4 is 27.8 Å². The molecule has 0 radical (unpaired) electrons. The summed E-state index contributed by atoms with van der Waals surface area (Å²) in [6.45, 7) is 2.40. The van der Waals surface area contributed by atoms with Gasteiger partial charge in [-0.1, -0.05) is 12.1 Å². The zero-order valence-electron chi connectivity index (χ0n) is 14.8. The number of ether oxygens (including phenoxy) is 1. The van der Waals surface area contributed by atoms with Gasteiger partial charge >= 0.3 is 0 Å². The molecule has 3 aromatic rings. The minimum atomic E-state index is -0.0658. The molecular weight excluding hydrogens is 396 g/mol. The molecule has 2 heterocycles. The van der Waals surface area contributed by atoms with Gasteiger partial charge in [-0.3, -0.25) is 14.2 Å². The Balaban J connectivity index is 1.82. The van der Waals surface area contributed by atoms with Crippen molar-refractivity contribution in [2.75, 3.05) is 7.11 Å². The molecule has 0 bridgehead atoms. The van der Waals surface area contributed by atoms with Gasteiger partial charge in [-0.15, -0.1) is 0 Å². The summed E-state index contributed by atoms with van der Waals surface area (Å²) in [5, 5.41) is 8.48. The van der Waals surface area contributed by atoms with Gasteiger partial charge in [-0.25, -0.2) is 0 Å². The average Bonchev–Trinajstić information content (AvgIpc) is 3.17. The number of halogens is 1. The van der Waals surface area contributed by atoms with Crippen LogP contribution < -0.4 is 4.74 Å². The Labute approximate surface area is 160 Å². The van der Waals surface area contributed by atoms with E-state index >= 15 is 0 Å². The van der Waals surface area contributed by atoms with Gasteiger partial charge in [0, 0.05) is 25.0 Å². The SMILES string of the molecule is COc1ccc(/C=C/C(=O)c2cn(C)nc2C)cc1Cn1cc(Br)cn1. The summed E-state index contributed by atoms with van der Waals surface area (Å²) in [6.07, 6.45) is 8.75. The molecule has 0 fully saturated rings. The molecule has 3 rings (SSSR count). The van der Waals surface area contributed by atoms with Gasteiger partial charge in [0.15, 0.2) is 5.78 Å². The molecular formula is C19H19BrN4O2. The van der Waals surface area contributed by atoms with Crippen LogP contribution in [0.5, 0.6) is 5.75 Å². The van der Waals surface area contributed by atoms with Crippen LogP contribution in [0.15, 0.2) is 47.3 Å². The Kier molecular flexibility index (Phi) is 5.37. The standard InChI is InChI=1S/C19H19BrN4O2/c1-13-17(12-23(2)22-13)18(25)6-4-14-5-7-19(26-3)15(8-14)10-24-11-16(20)9-21-24/h4-9,11-12H,10H2,1-3H3/b6-4+. The van der Waals surface area contributed by atoms with Crippen molar-refractivity contribution in [1.82, 2.24) is 19.6 Å². The van der Waals surface area contributed by atoms with Gasteiger partial charge < -0.3 is 4.74 Å². The van der Waals surface area contributed by atoms with E-state index in [9.17, 15) is 4.79 Å². The van der Waals surface area contributed by atoms with Gasteiger partial charge in [-0.05, 0) is 46.6 Å². The van der Waals surface area contributed by atoms with Gasteiger partial charge in [0.1, 0.15) is 5.75 Å². The van der Waals surface area contributed by atoms with E-state index in [0.717, 1.165) is 27.0 Å². The van der Waals surface area contributed by atoms with Crippen molar-refractivity contribution in [3.05, 3.63) is 69.7 Å². The molecule has 0 amide bonds. The van der Waals surface area contributed by atoms with E-state index in [4.69, 9.17) is 4.74 Å². The first-order valence-corrected chi connectivity index (χ1v) is 8.83. The fourth-order valence-electron chi connectivity index (χ4n) is 2.73. The fraction of sp³-hybridized carbons (Fsp3) is 0.211. The highest BCUT2D eigenvalue weighted by Gasteiger charge is 2.10. The van der Waals surface area contributed by atoms with Gasteiger partial charge in [0.25, 0.3) is 0 Å². The number of methoxy groups -OCH3 is 1. The molecule has 134 valence electrons. The number of carbonyl (C=O) groups is 1. The number of allylic oxidation sites excluding steroid dienone is 1. The molecule has 6 nitrogen and oxygen atoms in total. The Bertz CT molecular complexity index is 972. The quantitative estimate of drug-likeness (QED) is 0.456. The first kappa shape index (κ1) is 18.1. The third kappa shape index (κ3) is 4.11. The summed E-state index contributed by atoms with van der Waals surface area (Å²) in [7, 11) is 3.44. The Morgan fingerprint density at radius 2 is 2.15 bits per heavy atom. The lowest BCUT2D eigenvalue weighted by Crippen LogP contribution is -2.02. The maximum Gasteiger partial charge on any atom is 0.189 e. The van der Waals surface area contributed by atoms with Crippen LogP contribution >= 0.6 is 15.9 Å². The van der Waals surface area contributed by atoms with Crippen molar-refractivity contribution in [1.29, 1.82) is 0 Å². The summed E-state index contributed by atoms with van der Waals surface area (Å²) in [4.78, 5) is 12.4. The summed E-state index contributed by atoms with van der Waals surface area (Å²) in [5.41, 5.74) is 3.23. The van der Waals surface area contributed by atoms with Crippen LogP contribution in [0.1, 0.15) is 27.2 Å². The zero-order valence-corrected chi connectivity index (χ0v) is 16.4. The van der Waals surface area contributed by atoms with Crippen LogP contribution in [-0.2, 0) is 13.6 Å². The second-order valence-corrected chi connectivity index (χ2v) is 6.84. The molecule has 0 N–H and O–H groups in total. The van der Waals surface area contributed by atoms with E-state index in [2.05, 4.69) is 26.1 Å². The number of benzene rings is 1. The van der Waals surface area contributed by atoms with E-state index in [1.165, 1.54) is 0 Å². The summed E-state index contributed by atoms with van der Waals surface area (Å²) >= 11 is 3.40. The number of hydrogen-bond acceptors (Lipinski definition) is 4. The average molecular weight is 415 g/mol. The van der Waals surface area contributed by atoms with Crippen LogP contribution in [-0.4, -0.2) is 32.5 Å². The number of ketones is 1. The smallest absolute Gasteiger partial charge is 0.189 e. The largest absolute Gasteiger partial charge is 0.496 e. The molecule has 26 heavy (non-hydrogen) atoms. The van der Waals surface area contributed by atoms with Crippen LogP contribution in [0.4, 0.5) is 0 Å². The lowest BCUT2D eigenvalue weighted by Gasteiger charge is -2.09. The maximum absolute atomic E-state index is 12.4. The van der Waals surface area contributed by atoms with Crippen LogP contribution in [0.25, 0.3) is 6.08 Å². The molecule has 7 heteroatoms. The lowest BCUT2D eigenvalue weighted by molar-refractivity contribution is 0.104. The van der Waals surface area contributed by atoms with Crippen molar-refractivity contribution in [2.45, 2.75) is 13.5 Å². The third-order valence-electron chi connectivity index (χ3n) is 3.94. The molecule has 0 aliphatic carbocycles. The van der Waals surface area contributed by atoms with Crippen LogP contribution in [0.2, 0.25) is 0 Å². The number of nitrogens with zero attached hydrogens (tertiary/aromatic N) is 4. The van der Waals surface area contributed by atoms with E-state index in [1.807, 2.05) is 36.0 Å². The molecule has 0 spiro atoms. The minimum Gasteiger partial charge on any atom is -0.496 e. The van der Waals surface area contributed by atoms with Crippen molar-refractivity contribution in [2.24, 2.45) is 7.05 Å². The van der Waals surface area contributed by atoms with E-state index in [-0.39, 0.29) is 5.78 Å². The van der Waals surface area contributed by atoms with Crippen LogP contribution in [0.3, 0.4) is 0 Å². The van der Waals surface area contributed by atoms with Crippen molar-refractivity contribution in [3.63, 3.8) is 0 Å². The lowest BCUT2D eigenvalue weighted by atomic mass is 10.1. The number of hydrogen-bond donors (Lipinski definition) is 0. The van der Waals surface area contributed by atoms with Gasteiger partial charge in [0.2, 0.25) is 0 Å². The van der Waals surface area contributed by atoms with Gasteiger partial charge in [-0.2, -0.15) is 10.2 Å². The zero-order chi connectivity index (χ0) is 18.7. The van der Waals surface area contributed by atoms with E-state index in [1.54, 1.807) is 43.4 Å². The fourth-order valence-corrected chi connectivity index (χ4v) is 3.06. The third-order valence-corrected chi connectivity index (χ3v) is 4.35. The highest BCUT2D eigenvalue weighted by molar-refractivity contribution is 9.10.